The molecule has 0 saturated heterocycles. The molecule has 0 radical (unpaired) electrons. The normalized spacial score (nSPS) is 10.4. The standard InChI is InChI=1S/C21H18N2O4S/c1-3-27-20(26)18-17(15-7-5-4-6-8-15)22-21(28-18)23-19(25)16-11-9-14(10-12-16)13(2)24/h4-12H,3H2,1-2H3,(H,22,23,25). The monoisotopic (exact) mass is 394 g/mol. The Bertz CT molecular complexity index is 1010. The van der Waals surface area contributed by atoms with E-state index in [2.05, 4.69) is 10.3 Å². The van der Waals surface area contributed by atoms with Gasteiger partial charge in [0.25, 0.3) is 5.91 Å². The highest BCUT2D eigenvalue weighted by Gasteiger charge is 2.21. The average Bonchev–Trinajstić information content (AvgIpc) is 3.13. The van der Waals surface area contributed by atoms with Crippen molar-refractivity contribution >= 4 is 34.1 Å². The zero-order valence-corrected chi connectivity index (χ0v) is 16.2. The van der Waals surface area contributed by atoms with Crippen LogP contribution >= 0.6 is 11.3 Å². The van der Waals surface area contributed by atoms with E-state index in [1.54, 1.807) is 31.2 Å². The van der Waals surface area contributed by atoms with Gasteiger partial charge in [0.05, 0.1) is 12.3 Å². The van der Waals surface area contributed by atoms with Crippen LogP contribution in [-0.4, -0.2) is 29.3 Å². The molecule has 0 aliphatic rings. The van der Waals surface area contributed by atoms with Crippen molar-refractivity contribution in [3.05, 3.63) is 70.6 Å². The number of esters is 1. The van der Waals surface area contributed by atoms with Gasteiger partial charge < -0.3 is 4.74 Å². The van der Waals surface area contributed by atoms with Crippen LogP contribution in [0.2, 0.25) is 0 Å². The zero-order chi connectivity index (χ0) is 20.1. The molecule has 28 heavy (non-hydrogen) atoms. The van der Waals surface area contributed by atoms with Crippen molar-refractivity contribution in [2.24, 2.45) is 0 Å². The second kappa shape index (κ2) is 8.58. The average molecular weight is 394 g/mol. The van der Waals surface area contributed by atoms with Crippen molar-refractivity contribution in [1.29, 1.82) is 0 Å². The van der Waals surface area contributed by atoms with Gasteiger partial charge in [0, 0.05) is 16.7 Å². The number of nitrogens with one attached hydrogen (secondary N) is 1. The minimum Gasteiger partial charge on any atom is -0.462 e. The predicted octanol–water partition coefficient (Wildman–Crippen LogP) is 4.44. The fraction of sp³-hybridized carbons (Fsp3) is 0.143. The number of carbonyl (C=O) groups is 3. The third kappa shape index (κ3) is 4.32. The maximum absolute atomic E-state index is 12.5. The SMILES string of the molecule is CCOC(=O)c1sc(NC(=O)c2ccc(C(C)=O)cc2)nc1-c1ccccc1. The van der Waals surface area contributed by atoms with Gasteiger partial charge in [0.15, 0.2) is 10.9 Å². The minimum absolute atomic E-state index is 0.0709. The van der Waals surface area contributed by atoms with Gasteiger partial charge in [0.1, 0.15) is 4.88 Å². The summed E-state index contributed by atoms with van der Waals surface area (Å²) in [6, 6.07) is 15.6. The van der Waals surface area contributed by atoms with Crippen molar-refractivity contribution in [2.45, 2.75) is 13.8 Å². The van der Waals surface area contributed by atoms with Crippen molar-refractivity contribution in [2.75, 3.05) is 11.9 Å². The van der Waals surface area contributed by atoms with Gasteiger partial charge in [-0.3, -0.25) is 14.9 Å². The van der Waals surface area contributed by atoms with Crippen LogP contribution in [0.15, 0.2) is 54.6 Å². The van der Waals surface area contributed by atoms with E-state index >= 15 is 0 Å². The van der Waals surface area contributed by atoms with Crippen molar-refractivity contribution in [3.63, 3.8) is 0 Å². The van der Waals surface area contributed by atoms with E-state index < -0.39 is 5.97 Å². The van der Waals surface area contributed by atoms with Crippen LogP contribution in [0.3, 0.4) is 0 Å². The third-order valence-electron chi connectivity index (χ3n) is 3.91. The highest BCUT2D eigenvalue weighted by atomic mass is 32.1. The van der Waals surface area contributed by atoms with Gasteiger partial charge in [-0.05, 0) is 26.0 Å². The lowest BCUT2D eigenvalue weighted by atomic mass is 10.1. The number of anilines is 1. The molecule has 3 aromatic rings. The molecule has 0 aliphatic carbocycles. The van der Waals surface area contributed by atoms with Gasteiger partial charge in [-0.1, -0.05) is 53.8 Å². The first kappa shape index (κ1) is 19.4. The van der Waals surface area contributed by atoms with Gasteiger partial charge in [-0.15, -0.1) is 0 Å². The number of nitrogens with zero attached hydrogens (tertiary/aromatic N) is 1. The van der Waals surface area contributed by atoms with Gasteiger partial charge >= 0.3 is 5.97 Å². The van der Waals surface area contributed by atoms with Crippen molar-refractivity contribution < 1.29 is 19.1 Å². The molecule has 6 nitrogen and oxygen atoms in total. The van der Waals surface area contributed by atoms with Crippen LogP contribution in [-0.2, 0) is 4.74 Å². The lowest BCUT2D eigenvalue weighted by Crippen LogP contribution is -2.11. The van der Waals surface area contributed by atoms with Crippen LogP contribution in [0.5, 0.6) is 0 Å². The number of hydrogen-bond donors (Lipinski definition) is 1. The van der Waals surface area contributed by atoms with Gasteiger partial charge in [-0.25, -0.2) is 9.78 Å². The van der Waals surface area contributed by atoms with E-state index in [9.17, 15) is 14.4 Å². The van der Waals surface area contributed by atoms with E-state index in [0.29, 0.717) is 26.8 Å². The Morgan fingerprint density at radius 3 is 2.25 bits per heavy atom. The molecule has 1 heterocycles. The van der Waals surface area contributed by atoms with Crippen molar-refractivity contribution in [1.82, 2.24) is 4.98 Å². The highest BCUT2D eigenvalue weighted by molar-refractivity contribution is 7.18. The summed E-state index contributed by atoms with van der Waals surface area (Å²) < 4.78 is 5.12. The minimum atomic E-state index is -0.481. The van der Waals surface area contributed by atoms with Gasteiger partial charge in [-0.2, -0.15) is 0 Å². The molecule has 0 atom stereocenters. The molecule has 0 aliphatic heterocycles. The van der Waals surface area contributed by atoms with Crippen LogP contribution in [0.1, 0.15) is 44.2 Å². The molecule has 142 valence electrons. The second-order valence-corrected chi connectivity index (χ2v) is 6.87. The molecule has 0 spiro atoms. The topological polar surface area (TPSA) is 85.4 Å². The van der Waals surface area contributed by atoms with E-state index in [1.807, 2.05) is 30.3 Å². The molecule has 7 heteroatoms. The first-order valence-corrected chi connectivity index (χ1v) is 9.47. The lowest BCUT2D eigenvalue weighted by molar-refractivity contribution is 0.0532. The lowest BCUT2D eigenvalue weighted by Gasteiger charge is -2.02. The molecule has 0 bridgehead atoms. The summed E-state index contributed by atoms with van der Waals surface area (Å²) >= 11 is 1.06. The number of thiazole rings is 1. The smallest absolute Gasteiger partial charge is 0.350 e. The second-order valence-electron chi connectivity index (χ2n) is 5.87. The van der Waals surface area contributed by atoms with Crippen LogP contribution in [0.25, 0.3) is 11.3 Å². The van der Waals surface area contributed by atoms with Crippen molar-refractivity contribution in [3.8, 4) is 11.3 Å². The molecule has 2 aromatic carbocycles. The number of ether oxygens (including phenoxy) is 1. The number of hydrogen-bond acceptors (Lipinski definition) is 6. The molecule has 3 rings (SSSR count). The Morgan fingerprint density at radius 1 is 1.00 bits per heavy atom. The van der Waals surface area contributed by atoms with E-state index in [-0.39, 0.29) is 18.3 Å². The molecule has 1 aromatic heterocycles. The number of rotatable bonds is 6. The maximum atomic E-state index is 12.5. The summed E-state index contributed by atoms with van der Waals surface area (Å²) in [7, 11) is 0. The summed E-state index contributed by atoms with van der Waals surface area (Å²) in [6.45, 7) is 3.44. The Labute approximate surface area is 166 Å². The summed E-state index contributed by atoms with van der Waals surface area (Å²) in [4.78, 5) is 40.9. The molecule has 0 unspecified atom stereocenters. The molecule has 0 fully saturated rings. The number of aromatic nitrogens is 1. The highest BCUT2D eigenvalue weighted by Crippen LogP contribution is 2.32. The number of amides is 1. The summed E-state index contributed by atoms with van der Waals surface area (Å²) in [6.07, 6.45) is 0. The predicted molar refractivity (Wildman–Crippen MR) is 108 cm³/mol. The van der Waals surface area contributed by atoms with E-state index in [1.165, 1.54) is 6.92 Å². The molecular weight excluding hydrogens is 376 g/mol. The Morgan fingerprint density at radius 2 is 1.64 bits per heavy atom. The fourth-order valence-electron chi connectivity index (χ4n) is 2.53. The number of ketones is 1. The van der Waals surface area contributed by atoms with Crippen LogP contribution < -0.4 is 5.32 Å². The Balaban J connectivity index is 1.88. The van der Waals surface area contributed by atoms with Crippen LogP contribution in [0.4, 0.5) is 5.13 Å². The Hall–Kier alpha value is -3.32. The zero-order valence-electron chi connectivity index (χ0n) is 15.4. The fourth-order valence-corrected chi connectivity index (χ4v) is 3.40. The molecule has 1 N–H and O–H groups in total. The van der Waals surface area contributed by atoms with Gasteiger partial charge in [0.2, 0.25) is 0 Å². The maximum Gasteiger partial charge on any atom is 0.350 e. The summed E-state index contributed by atoms with van der Waals surface area (Å²) in [5, 5.41) is 3.00. The molecular formula is C21H18N2O4S. The number of benzene rings is 2. The quantitative estimate of drug-likeness (QED) is 0.493. The van der Waals surface area contributed by atoms with E-state index in [4.69, 9.17) is 4.74 Å². The first-order valence-electron chi connectivity index (χ1n) is 8.65. The number of carbonyl (C=O) groups excluding carboxylic acids is 3. The molecule has 1 amide bonds. The summed E-state index contributed by atoms with van der Waals surface area (Å²) in [5.74, 6) is -0.928. The summed E-state index contributed by atoms with van der Waals surface area (Å²) in [5.41, 5.74) is 2.14. The van der Waals surface area contributed by atoms with E-state index in [0.717, 1.165) is 16.9 Å². The number of Topliss-reactive ketones (excluding diaryl/α,β-unsaturated/α-hetero) is 1. The first-order chi connectivity index (χ1) is 13.5. The molecule has 0 saturated carbocycles. The third-order valence-corrected chi connectivity index (χ3v) is 4.86. The largest absolute Gasteiger partial charge is 0.462 e. The van der Waals surface area contributed by atoms with Crippen LogP contribution in [0, 0.1) is 0 Å². The Kier molecular flexibility index (Phi) is 5.96.